The third-order valence-electron chi connectivity index (χ3n) is 17.1. The second-order valence-corrected chi connectivity index (χ2v) is 22.6. The number of rotatable bonds is 7. The molecule has 11 aromatic carbocycles. The lowest BCUT2D eigenvalue weighted by Crippen LogP contribution is -2.28. The van der Waals surface area contributed by atoms with Gasteiger partial charge in [0.15, 0.2) is 5.82 Å². The van der Waals surface area contributed by atoms with Gasteiger partial charge in [-0.3, -0.25) is 0 Å². The molecule has 16 rings (SSSR count). The fourth-order valence-electron chi connectivity index (χ4n) is 13.6. The van der Waals surface area contributed by atoms with Gasteiger partial charge in [0.1, 0.15) is 0 Å². The van der Waals surface area contributed by atoms with E-state index >= 15 is 0 Å². The van der Waals surface area contributed by atoms with Gasteiger partial charge in [-0.15, -0.1) is 11.3 Å². The third kappa shape index (κ3) is 6.44. The highest BCUT2D eigenvalue weighted by molar-refractivity contribution is 7.26. The fourth-order valence-corrected chi connectivity index (χ4v) is 14.7. The first-order valence-corrected chi connectivity index (χ1v) is 27.8. The summed E-state index contributed by atoms with van der Waals surface area (Å²) in [5, 5.41) is 3.55. The van der Waals surface area contributed by atoms with Crippen molar-refractivity contribution in [2.45, 2.75) is 24.7 Å². The highest BCUT2D eigenvalue weighted by Gasteiger charge is 2.46. The van der Waals surface area contributed by atoms with Crippen LogP contribution in [-0.4, -0.2) is 14.5 Å². The smallest absolute Gasteiger partial charge is 0.160 e. The van der Waals surface area contributed by atoms with E-state index in [-0.39, 0.29) is 5.41 Å². The van der Waals surface area contributed by atoms with Crippen molar-refractivity contribution >= 4 is 53.4 Å². The molecule has 3 aromatic heterocycles. The Morgan fingerprint density at radius 3 is 1.77 bits per heavy atom. The van der Waals surface area contributed by atoms with E-state index in [1.807, 2.05) is 0 Å². The number of nitrogens with zero attached hydrogens (tertiary/aromatic N) is 3. The summed E-state index contributed by atoms with van der Waals surface area (Å²) in [6.07, 6.45) is 0. The highest BCUT2D eigenvalue weighted by atomic mass is 32.1. The van der Waals surface area contributed by atoms with Gasteiger partial charge in [-0.05, 0) is 126 Å². The van der Waals surface area contributed by atoms with Crippen LogP contribution in [0.5, 0.6) is 0 Å². The maximum Gasteiger partial charge on any atom is 0.160 e. The Hall–Kier alpha value is -9.48. The van der Waals surface area contributed by atoms with Gasteiger partial charge in [-0.2, -0.15) is 0 Å². The van der Waals surface area contributed by atoms with Crippen molar-refractivity contribution in [2.75, 3.05) is 0 Å². The molecule has 4 heteroatoms. The Labute approximate surface area is 457 Å². The molecule has 0 atom stereocenters. The largest absolute Gasteiger partial charge is 0.309 e. The number of fused-ring (bicyclic) bond motifs is 12. The first-order valence-electron chi connectivity index (χ1n) is 27.0. The molecule has 366 valence electrons. The van der Waals surface area contributed by atoms with Crippen LogP contribution in [0, 0.1) is 0 Å². The van der Waals surface area contributed by atoms with Gasteiger partial charge in [0, 0.05) is 43.1 Å². The summed E-state index contributed by atoms with van der Waals surface area (Å²) >= 11 is 1.78. The SMILES string of the molecule is CC1(C)c2ccccc2-c2ccc(-c3nc(-c4cccc(-c5cccc6c5c5cc(-c7ccccc7)ccc5n6-c5ccc6c(c5)C(c5ccccc5)(c5ccccc5)c5ccccc5-6)c4)nc4c3sc3ccccc34)cc21. The molecule has 0 N–H and O–H groups in total. The molecular weight excluding hydrogens is 963 g/mol. The molecule has 14 aromatic rings. The summed E-state index contributed by atoms with van der Waals surface area (Å²) < 4.78 is 4.81. The van der Waals surface area contributed by atoms with Gasteiger partial charge in [-0.1, -0.05) is 226 Å². The van der Waals surface area contributed by atoms with Gasteiger partial charge < -0.3 is 4.57 Å². The number of aromatic nitrogens is 3. The monoisotopic (exact) mass is 1010 g/mol. The Morgan fingerprint density at radius 2 is 0.974 bits per heavy atom. The Kier molecular flexibility index (Phi) is 9.77. The Balaban J connectivity index is 0.904. The summed E-state index contributed by atoms with van der Waals surface area (Å²) in [6, 6.07) is 96.4. The van der Waals surface area contributed by atoms with E-state index in [0.717, 1.165) is 60.3 Å². The molecule has 3 nitrogen and oxygen atoms in total. The number of thiophene rings is 1. The van der Waals surface area contributed by atoms with E-state index in [9.17, 15) is 0 Å². The molecule has 2 aliphatic rings. The van der Waals surface area contributed by atoms with Crippen LogP contribution in [0.1, 0.15) is 47.2 Å². The van der Waals surface area contributed by atoms with Crippen LogP contribution in [0.3, 0.4) is 0 Å². The van der Waals surface area contributed by atoms with Gasteiger partial charge in [0.05, 0.1) is 32.4 Å². The summed E-state index contributed by atoms with van der Waals surface area (Å²) in [5.41, 5.74) is 24.3. The maximum absolute atomic E-state index is 5.59. The maximum atomic E-state index is 5.59. The van der Waals surface area contributed by atoms with Crippen molar-refractivity contribution < 1.29 is 0 Å². The Morgan fingerprint density at radius 1 is 0.372 bits per heavy atom. The molecule has 0 saturated carbocycles. The first kappa shape index (κ1) is 44.8. The van der Waals surface area contributed by atoms with E-state index in [0.29, 0.717) is 5.82 Å². The van der Waals surface area contributed by atoms with Crippen molar-refractivity contribution in [3.63, 3.8) is 0 Å². The molecule has 0 saturated heterocycles. The van der Waals surface area contributed by atoms with Crippen LogP contribution in [0.4, 0.5) is 0 Å². The van der Waals surface area contributed by atoms with Crippen molar-refractivity contribution in [1.29, 1.82) is 0 Å². The fraction of sp³-hybridized carbons (Fsp3) is 0.0541. The van der Waals surface area contributed by atoms with Crippen LogP contribution >= 0.6 is 11.3 Å². The minimum atomic E-state index is -0.529. The molecule has 0 aliphatic heterocycles. The first-order chi connectivity index (χ1) is 38.4. The van der Waals surface area contributed by atoms with Crippen molar-refractivity contribution in [3.05, 3.63) is 294 Å². The normalized spacial score (nSPS) is 13.7. The molecular formula is C74H49N3S. The lowest BCUT2D eigenvalue weighted by atomic mass is 9.67. The average molecular weight is 1010 g/mol. The molecule has 0 spiro atoms. The summed E-state index contributed by atoms with van der Waals surface area (Å²) in [7, 11) is 0. The zero-order valence-electron chi connectivity index (χ0n) is 43.1. The van der Waals surface area contributed by atoms with Crippen LogP contribution in [0.2, 0.25) is 0 Å². The second kappa shape index (κ2) is 17.0. The van der Waals surface area contributed by atoms with Crippen LogP contribution in [-0.2, 0) is 10.8 Å². The van der Waals surface area contributed by atoms with Crippen molar-refractivity contribution in [2.24, 2.45) is 0 Å². The zero-order valence-corrected chi connectivity index (χ0v) is 43.9. The van der Waals surface area contributed by atoms with E-state index in [2.05, 4.69) is 279 Å². The lowest BCUT2D eigenvalue weighted by molar-refractivity contribution is 0.660. The second-order valence-electron chi connectivity index (χ2n) is 21.6. The standard InChI is InChI=1S/C74H49N3S/c1-73(2)61-32-15-12-28-55(61)57-39-36-49(44-63(57)73)69-71-70(59-30-14-17-35-67(59)78-71)76-72(75-69)50-23-18-22-48(42-50)54-31-19-34-66-68(54)60-43-47(46-20-6-3-7-21-46)37-41-65(60)77(66)53-38-40-58-56-29-13-16-33-62(56)74(64(58)45-53,51-24-8-4-9-25-51)52-26-10-5-11-27-52/h3-45H,1-2H3. The Bertz CT molecular complexity index is 4720. The van der Waals surface area contributed by atoms with Crippen LogP contribution in [0.25, 0.3) is 115 Å². The third-order valence-corrected chi connectivity index (χ3v) is 18.3. The summed E-state index contributed by atoms with van der Waals surface area (Å²) in [4.78, 5) is 11.1. The minimum absolute atomic E-state index is 0.140. The summed E-state index contributed by atoms with van der Waals surface area (Å²) in [6.45, 7) is 4.70. The quantitative estimate of drug-likeness (QED) is 0.159. The highest BCUT2D eigenvalue weighted by Crippen LogP contribution is 2.57. The predicted molar refractivity (Wildman–Crippen MR) is 326 cm³/mol. The zero-order chi connectivity index (χ0) is 51.7. The number of hydrogen-bond donors (Lipinski definition) is 0. The summed E-state index contributed by atoms with van der Waals surface area (Å²) in [5.74, 6) is 0.714. The molecule has 0 bridgehead atoms. The van der Waals surface area contributed by atoms with E-state index in [1.165, 1.54) is 82.2 Å². The molecule has 78 heavy (non-hydrogen) atoms. The van der Waals surface area contributed by atoms with Crippen LogP contribution in [0.15, 0.2) is 261 Å². The van der Waals surface area contributed by atoms with E-state index in [1.54, 1.807) is 11.3 Å². The van der Waals surface area contributed by atoms with E-state index in [4.69, 9.17) is 9.97 Å². The lowest BCUT2D eigenvalue weighted by Gasteiger charge is -2.34. The molecule has 2 aliphatic carbocycles. The van der Waals surface area contributed by atoms with Crippen LogP contribution < -0.4 is 0 Å². The van der Waals surface area contributed by atoms with Gasteiger partial charge in [0.25, 0.3) is 0 Å². The van der Waals surface area contributed by atoms with Crippen molar-refractivity contribution in [3.8, 4) is 72.8 Å². The van der Waals surface area contributed by atoms with Gasteiger partial charge >= 0.3 is 0 Å². The molecule has 0 amide bonds. The van der Waals surface area contributed by atoms with Gasteiger partial charge in [0.2, 0.25) is 0 Å². The average Bonchev–Trinajstić information content (AvgIpc) is 4.41. The topological polar surface area (TPSA) is 30.7 Å². The molecule has 0 radical (unpaired) electrons. The van der Waals surface area contributed by atoms with Gasteiger partial charge in [-0.25, -0.2) is 9.97 Å². The minimum Gasteiger partial charge on any atom is -0.309 e. The van der Waals surface area contributed by atoms with Crippen molar-refractivity contribution in [1.82, 2.24) is 14.5 Å². The molecule has 0 unspecified atom stereocenters. The predicted octanol–water partition coefficient (Wildman–Crippen LogP) is 19.3. The number of benzene rings is 11. The van der Waals surface area contributed by atoms with E-state index < -0.39 is 5.41 Å². The molecule has 0 fully saturated rings. The number of hydrogen-bond acceptors (Lipinski definition) is 3. The molecule has 3 heterocycles.